The van der Waals surface area contributed by atoms with E-state index in [1.165, 1.54) is 17.7 Å². The van der Waals surface area contributed by atoms with Crippen molar-refractivity contribution in [2.45, 2.75) is 13.8 Å². The molecule has 3 N–H and O–H groups in total. The average molecular weight is 390 g/mol. The molecule has 0 spiro atoms. The van der Waals surface area contributed by atoms with Gasteiger partial charge in [-0.1, -0.05) is 23.7 Å². The number of hydrogen-bond acceptors (Lipinski definition) is 4. The zero-order valence-electron chi connectivity index (χ0n) is 15.5. The summed E-state index contributed by atoms with van der Waals surface area (Å²) in [5.74, 6) is -0.706. The number of benzene rings is 2. The minimum Gasteiger partial charge on any atom is -0.483 e. The Kier molecular flexibility index (Phi) is 7.49. The fourth-order valence-electron chi connectivity index (χ4n) is 2.64. The molecule has 0 aliphatic rings. The third kappa shape index (κ3) is 6.18. The molecule has 0 aromatic heterocycles. The number of likely N-dealkylation sites (N-methyl/N-ethyl adjacent to an activating group) is 1. The van der Waals surface area contributed by atoms with Crippen LogP contribution in [0, 0.1) is 6.92 Å². The fourth-order valence-corrected chi connectivity index (χ4v) is 2.81. The quantitative estimate of drug-likeness (QED) is 0.690. The van der Waals surface area contributed by atoms with Crippen LogP contribution in [0.4, 0.5) is 5.69 Å². The van der Waals surface area contributed by atoms with Crippen LogP contribution in [-0.4, -0.2) is 38.1 Å². The molecule has 2 aromatic rings. The van der Waals surface area contributed by atoms with Gasteiger partial charge in [-0.25, -0.2) is 0 Å². The van der Waals surface area contributed by atoms with E-state index in [0.717, 1.165) is 12.2 Å². The van der Waals surface area contributed by atoms with Crippen LogP contribution in [-0.2, 0) is 4.79 Å². The van der Waals surface area contributed by atoms with Crippen LogP contribution < -0.4 is 20.7 Å². The molecule has 0 saturated carbocycles. The third-order valence-electron chi connectivity index (χ3n) is 4.02. The van der Waals surface area contributed by atoms with Crippen molar-refractivity contribution in [1.82, 2.24) is 5.32 Å². The lowest BCUT2D eigenvalue weighted by molar-refractivity contribution is -0.123. The zero-order chi connectivity index (χ0) is 19.8. The smallest absolute Gasteiger partial charge is 0.258 e. The number of nitrogens with one attached hydrogen (secondary N) is 1. The standard InChI is InChI=1S/C20H24ClN3O3/c1-3-24(16-6-4-5-14(2)11-16)10-9-23-19(25)13-27-18-8-7-15(21)12-17(18)20(22)26/h4-8,11-12H,3,9-10,13H2,1-2H3,(H2,22,26)(H,23,25). The molecule has 0 heterocycles. The van der Waals surface area contributed by atoms with Gasteiger partial charge in [0.15, 0.2) is 6.61 Å². The van der Waals surface area contributed by atoms with Crippen molar-refractivity contribution >= 4 is 29.1 Å². The van der Waals surface area contributed by atoms with E-state index in [1.54, 1.807) is 6.07 Å². The number of primary amides is 1. The number of amides is 2. The largest absolute Gasteiger partial charge is 0.483 e. The Morgan fingerprint density at radius 1 is 1.22 bits per heavy atom. The molecule has 0 saturated heterocycles. The summed E-state index contributed by atoms with van der Waals surface area (Å²) < 4.78 is 5.41. The predicted octanol–water partition coefficient (Wildman–Crippen LogP) is 2.77. The van der Waals surface area contributed by atoms with Crippen LogP contribution >= 0.6 is 11.6 Å². The van der Waals surface area contributed by atoms with E-state index >= 15 is 0 Å². The lowest BCUT2D eigenvalue weighted by Crippen LogP contribution is -2.37. The second kappa shape index (κ2) is 9.83. The molecule has 6 nitrogen and oxygen atoms in total. The topological polar surface area (TPSA) is 84.7 Å². The predicted molar refractivity (Wildman–Crippen MR) is 108 cm³/mol. The SMILES string of the molecule is CCN(CCNC(=O)COc1ccc(Cl)cc1C(N)=O)c1cccc(C)c1. The number of nitrogens with zero attached hydrogens (tertiary/aromatic N) is 1. The van der Waals surface area contributed by atoms with Gasteiger partial charge < -0.3 is 20.7 Å². The number of rotatable bonds is 9. The highest BCUT2D eigenvalue weighted by Gasteiger charge is 2.12. The third-order valence-corrected chi connectivity index (χ3v) is 4.25. The molecule has 0 atom stereocenters. The highest BCUT2D eigenvalue weighted by Crippen LogP contribution is 2.22. The first-order valence-corrected chi connectivity index (χ1v) is 9.09. The van der Waals surface area contributed by atoms with Gasteiger partial charge in [0.2, 0.25) is 0 Å². The summed E-state index contributed by atoms with van der Waals surface area (Å²) in [5, 5.41) is 3.19. The zero-order valence-corrected chi connectivity index (χ0v) is 16.3. The normalized spacial score (nSPS) is 10.3. The average Bonchev–Trinajstić information content (AvgIpc) is 2.64. The molecular formula is C20H24ClN3O3. The Bertz CT molecular complexity index is 811. The van der Waals surface area contributed by atoms with Crippen molar-refractivity contribution in [3.05, 3.63) is 58.6 Å². The second-order valence-corrected chi connectivity index (χ2v) is 6.50. The lowest BCUT2D eigenvalue weighted by atomic mass is 10.2. The number of carbonyl (C=O) groups is 2. The van der Waals surface area contributed by atoms with Crippen LogP contribution in [0.15, 0.2) is 42.5 Å². The van der Waals surface area contributed by atoms with E-state index in [1.807, 2.05) is 25.1 Å². The molecule has 0 unspecified atom stereocenters. The van der Waals surface area contributed by atoms with E-state index in [2.05, 4.69) is 23.2 Å². The number of aryl methyl sites for hydroxylation is 1. The summed E-state index contributed by atoms with van der Waals surface area (Å²) in [6, 6.07) is 12.7. The van der Waals surface area contributed by atoms with Gasteiger partial charge in [0.05, 0.1) is 5.56 Å². The first-order valence-electron chi connectivity index (χ1n) is 8.71. The van der Waals surface area contributed by atoms with E-state index in [0.29, 0.717) is 18.1 Å². The Hall–Kier alpha value is -2.73. The summed E-state index contributed by atoms with van der Waals surface area (Å²) >= 11 is 5.85. The first-order chi connectivity index (χ1) is 12.9. The molecule has 0 aliphatic carbocycles. The number of carbonyl (C=O) groups excluding carboxylic acids is 2. The van der Waals surface area contributed by atoms with E-state index in [-0.39, 0.29) is 23.8 Å². The molecule has 2 aromatic carbocycles. The minimum absolute atomic E-state index is 0.145. The van der Waals surface area contributed by atoms with Crippen molar-refractivity contribution in [2.24, 2.45) is 5.73 Å². The van der Waals surface area contributed by atoms with Gasteiger partial charge in [-0.3, -0.25) is 9.59 Å². The number of hydrogen-bond donors (Lipinski definition) is 2. The molecule has 2 rings (SSSR count). The van der Waals surface area contributed by atoms with E-state index in [9.17, 15) is 9.59 Å². The molecule has 0 bridgehead atoms. The maximum Gasteiger partial charge on any atom is 0.258 e. The van der Waals surface area contributed by atoms with Gasteiger partial charge in [0.25, 0.3) is 11.8 Å². The first kappa shape index (κ1) is 20.6. The fraction of sp³-hybridized carbons (Fsp3) is 0.300. The van der Waals surface area contributed by atoms with Crippen molar-refractivity contribution in [1.29, 1.82) is 0 Å². The maximum atomic E-state index is 12.0. The minimum atomic E-state index is -0.662. The summed E-state index contributed by atoms with van der Waals surface area (Å²) in [5.41, 5.74) is 7.76. The molecule has 0 radical (unpaired) electrons. The summed E-state index contributed by atoms with van der Waals surface area (Å²) in [6.07, 6.45) is 0. The van der Waals surface area contributed by atoms with Gasteiger partial charge in [-0.05, 0) is 49.7 Å². The van der Waals surface area contributed by atoms with Crippen molar-refractivity contribution < 1.29 is 14.3 Å². The maximum absolute atomic E-state index is 12.0. The summed E-state index contributed by atoms with van der Waals surface area (Å²) in [6.45, 7) is 5.90. The Labute approximate surface area is 164 Å². The number of nitrogens with two attached hydrogens (primary N) is 1. The van der Waals surface area contributed by atoms with Gasteiger partial charge in [-0.15, -0.1) is 0 Å². The van der Waals surface area contributed by atoms with Crippen LogP contribution in [0.1, 0.15) is 22.8 Å². The molecule has 0 aliphatic heterocycles. The molecule has 2 amide bonds. The molecular weight excluding hydrogens is 366 g/mol. The highest BCUT2D eigenvalue weighted by molar-refractivity contribution is 6.31. The summed E-state index contributed by atoms with van der Waals surface area (Å²) in [7, 11) is 0. The lowest BCUT2D eigenvalue weighted by Gasteiger charge is -2.23. The van der Waals surface area contributed by atoms with Crippen molar-refractivity contribution in [3.63, 3.8) is 0 Å². The van der Waals surface area contributed by atoms with Crippen LogP contribution in [0.5, 0.6) is 5.75 Å². The van der Waals surface area contributed by atoms with Crippen molar-refractivity contribution in [3.8, 4) is 5.75 Å². The number of ether oxygens (including phenoxy) is 1. The molecule has 0 fully saturated rings. The van der Waals surface area contributed by atoms with E-state index in [4.69, 9.17) is 22.1 Å². The van der Waals surface area contributed by atoms with Gasteiger partial charge in [-0.2, -0.15) is 0 Å². The molecule has 144 valence electrons. The van der Waals surface area contributed by atoms with Gasteiger partial charge in [0, 0.05) is 30.3 Å². The van der Waals surface area contributed by atoms with Crippen LogP contribution in [0.25, 0.3) is 0 Å². The summed E-state index contributed by atoms with van der Waals surface area (Å²) in [4.78, 5) is 25.6. The molecule has 27 heavy (non-hydrogen) atoms. The Balaban J connectivity index is 1.83. The Morgan fingerprint density at radius 2 is 2.00 bits per heavy atom. The van der Waals surface area contributed by atoms with E-state index < -0.39 is 5.91 Å². The number of halogens is 1. The molecule has 7 heteroatoms. The monoisotopic (exact) mass is 389 g/mol. The highest BCUT2D eigenvalue weighted by atomic mass is 35.5. The van der Waals surface area contributed by atoms with Gasteiger partial charge >= 0.3 is 0 Å². The van der Waals surface area contributed by atoms with Crippen LogP contribution in [0.2, 0.25) is 5.02 Å². The van der Waals surface area contributed by atoms with Crippen molar-refractivity contribution in [2.75, 3.05) is 31.1 Å². The van der Waals surface area contributed by atoms with Gasteiger partial charge in [0.1, 0.15) is 5.75 Å². The second-order valence-electron chi connectivity index (χ2n) is 6.06. The Morgan fingerprint density at radius 3 is 2.67 bits per heavy atom. The van der Waals surface area contributed by atoms with Crippen LogP contribution in [0.3, 0.4) is 0 Å². The number of anilines is 1.